The summed E-state index contributed by atoms with van der Waals surface area (Å²) < 4.78 is 5.35. The molecule has 122 valence electrons. The van der Waals surface area contributed by atoms with Crippen molar-refractivity contribution in [3.63, 3.8) is 0 Å². The van der Waals surface area contributed by atoms with Crippen LogP contribution < -0.4 is 5.32 Å². The summed E-state index contributed by atoms with van der Waals surface area (Å²) in [7, 11) is 0. The molecule has 21 heavy (non-hydrogen) atoms. The van der Waals surface area contributed by atoms with Gasteiger partial charge >= 0.3 is 5.97 Å². The second-order valence-corrected chi connectivity index (χ2v) is 6.67. The first-order valence-corrected chi connectivity index (χ1v) is 8.77. The second kappa shape index (κ2) is 7.10. The van der Waals surface area contributed by atoms with Gasteiger partial charge in [0.25, 0.3) is 0 Å². The van der Waals surface area contributed by atoms with Crippen LogP contribution in [0.2, 0.25) is 0 Å². The standard InChI is InChI=1S/C17H32N2O2/c1-5-14-9-8-13(4)19(14)15-10-11-17(12-15,18-6-2)16(20)21-7-3/h13-15,18H,5-12H2,1-4H3. The minimum absolute atomic E-state index is 0.0470. The van der Waals surface area contributed by atoms with Crippen LogP contribution in [0.15, 0.2) is 0 Å². The molecule has 4 heteroatoms. The van der Waals surface area contributed by atoms with Crippen LogP contribution in [-0.2, 0) is 9.53 Å². The molecule has 4 nitrogen and oxygen atoms in total. The van der Waals surface area contributed by atoms with Crippen LogP contribution in [0.25, 0.3) is 0 Å². The Hall–Kier alpha value is -0.610. The number of likely N-dealkylation sites (N-methyl/N-ethyl adjacent to an activating group) is 1. The van der Waals surface area contributed by atoms with Gasteiger partial charge in [-0.05, 0) is 58.9 Å². The summed E-state index contributed by atoms with van der Waals surface area (Å²) >= 11 is 0. The Morgan fingerprint density at radius 3 is 2.67 bits per heavy atom. The Kier molecular flexibility index (Phi) is 5.67. The summed E-state index contributed by atoms with van der Waals surface area (Å²) in [6.45, 7) is 9.87. The number of esters is 1. The van der Waals surface area contributed by atoms with E-state index in [0.29, 0.717) is 24.7 Å². The van der Waals surface area contributed by atoms with Crippen molar-refractivity contribution in [2.45, 2.75) is 89.9 Å². The third-order valence-corrected chi connectivity index (χ3v) is 5.41. The Labute approximate surface area is 129 Å². The third-order valence-electron chi connectivity index (χ3n) is 5.41. The number of nitrogens with one attached hydrogen (secondary N) is 1. The van der Waals surface area contributed by atoms with E-state index in [1.165, 1.54) is 19.3 Å². The van der Waals surface area contributed by atoms with Gasteiger partial charge in [0.15, 0.2) is 0 Å². The molecule has 1 saturated carbocycles. The van der Waals surface area contributed by atoms with E-state index in [9.17, 15) is 4.79 Å². The van der Waals surface area contributed by atoms with Crippen LogP contribution in [0.3, 0.4) is 0 Å². The zero-order valence-corrected chi connectivity index (χ0v) is 14.2. The summed E-state index contributed by atoms with van der Waals surface area (Å²) in [4.78, 5) is 15.1. The highest BCUT2D eigenvalue weighted by Crippen LogP contribution is 2.39. The quantitative estimate of drug-likeness (QED) is 0.765. The summed E-state index contributed by atoms with van der Waals surface area (Å²) in [6, 6.07) is 1.88. The molecule has 0 aromatic heterocycles. The van der Waals surface area contributed by atoms with E-state index in [1.54, 1.807) is 0 Å². The lowest BCUT2D eigenvalue weighted by Crippen LogP contribution is -2.53. The second-order valence-electron chi connectivity index (χ2n) is 6.67. The van der Waals surface area contributed by atoms with Crippen molar-refractivity contribution >= 4 is 5.97 Å². The van der Waals surface area contributed by atoms with Crippen LogP contribution in [-0.4, -0.2) is 47.7 Å². The van der Waals surface area contributed by atoms with Gasteiger partial charge < -0.3 is 10.1 Å². The minimum Gasteiger partial charge on any atom is -0.465 e. The number of hydrogen-bond acceptors (Lipinski definition) is 4. The van der Waals surface area contributed by atoms with Crippen molar-refractivity contribution in [1.29, 1.82) is 0 Å². The Bertz CT molecular complexity index is 361. The van der Waals surface area contributed by atoms with E-state index >= 15 is 0 Å². The molecule has 4 atom stereocenters. The van der Waals surface area contributed by atoms with Crippen molar-refractivity contribution in [3.05, 3.63) is 0 Å². The topological polar surface area (TPSA) is 41.6 Å². The van der Waals surface area contributed by atoms with Gasteiger partial charge in [0.05, 0.1) is 6.61 Å². The van der Waals surface area contributed by atoms with E-state index in [-0.39, 0.29) is 5.97 Å². The van der Waals surface area contributed by atoms with E-state index in [2.05, 4.69) is 31.0 Å². The van der Waals surface area contributed by atoms with E-state index in [0.717, 1.165) is 25.8 Å². The highest BCUT2D eigenvalue weighted by atomic mass is 16.5. The van der Waals surface area contributed by atoms with Gasteiger partial charge in [0.2, 0.25) is 0 Å². The summed E-state index contributed by atoms with van der Waals surface area (Å²) in [5.74, 6) is -0.0470. The normalized spacial score (nSPS) is 37.0. The first-order chi connectivity index (χ1) is 10.1. The molecule has 1 aliphatic carbocycles. The van der Waals surface area contributed by atoms with Crippen LogP contribution in [0.4, 0.5) is 0 Å². The van der Waals surface area contributed by atoms with E-state index in [1.807, 2.05) is 6.92 Å². The Morgan fingerprint density at radius 1 is 1.29 bits per heavy atom. The van der Waals surface area contributed by atoms with Crippen molar-refractivity contribution < 1.29 is 9.53 Å². The maximum absolute atomic E-state index is 12.4. The van der Waals surface area contributed by atoms with Crippen molar-refractivity contribution in [2.24, 2.45) is 0 Å². The van der Waals surface area contributed by atoms with Crippen molar-refractivity contribution in [1.82, 2.24) is 10.2 Å². The Balaban J connectivity index is 2.10. The van der Waals surface area contributed by atoms with Gasteiger partial charge in [-0.25, -0.2) is 0 Å². The number of likely N-dealkylation sites (tertiary alicyclic amines) is 1. The fourth-order valence-electron chi connectivity index (χ4n) is 4.46. The van der Waals surface area contributed by atoms with Gasteiger partial charge in [0.1, 0.15) is 5.54 Å². The van der Waals surface area contributed by atoms with Gasteiger partial charge in [-0.15, -0.1) is 0 Å². The molecule has 0 bridgehead atoms. The number of hydrogen-bond donors (Lipinski definition) is 1. The zero-order chi connectivity index (χ0) is 15.5. The number of carbonyl (C=O) groups excluding carboxylic acids is 1. The molecule has 1 N–H and O–H groups in total. The van der Waals surface area contributed by atoms with E-state index < -0.39 is 5.54 Å². The minimum atomic E-state index is -0.448. The molecule has 4 unspecified atom stereocenters. The summed E-state index contributed by atoms with van der Waals surface area (Å²) in [6.07, 6.45) is 6.73. The number of carbonyl (C=O) groups is 1. The van der Waals surface area contributed by atoms with Gasteiger partial charge in [0, 0.05) is 18.1 Å². The molecule has 1 saturated heterocycles. The maximum Gasteiger partial charge on any atom is 0.326 e. The van der Waals surface area contributed by atoms with Crippen LogP contribution in [0.1, 0.15) is 66.2 Å². The molecule has 0 radical (unpaired) electrons. The number of ether oxygens (including phenoxy) is 1. The molecule has 1 heterocycles. The maximum atomic E-state index is 12.4. The van der Waals surface area contributed by atoms with Crippen molar-refractivity contribution in [2.75, 3.05) is 13.2 Å². The molecule has 0 aromatic carbocycles. The van der Waals surface area contributed by atoms with Gasteiger partial charge in [-0.2, -0.15) is 0 Å². The fourth-order valence-corrected chi connectivity index (χ4v) is 4.46. The molecule has 2 rings (SSSR count). The summed E-state index contributed by atoms with van der Waals surface area (Å²) in [5.41, 5.74) is -0.448. The first-order valence-electron chi connectivity index (χ1n) is 8.77. The van der Waals surface area contributed by atoms with Crippen LogP contribution >= 0.6 is 0 Å². The first kappa shape index (κ1) is 16.8. The lowest BCUT2D eigenvalue weighted by Gasteiger charge is -2.35. The number of rotatable bonds is 6. The largest absolute Gasteiger partial charge is 0.465 e. The molecule has 2 aliphatic rings. The average molecular weight is 296 g/mol. The molecular weight excluding hydrogens is 264 g/mol. The van der Waals surface area contributed by atoms with Crippen LogP contribution in [0.5, 0.6) is 0 Å². The lowest BCUT2D eigenvalue weighted by molar-refractivity contribution is -0.151. The fraction of sp³-hybridized carbons (Fsp3) is 0.941. The highest BCUT2D eigenvalue weighted by Gasteiger charge is 2.49. The molecule has 1 aliphatic heterocycles. The molecule has 2 fully saturated rings. The van der Waals surface area contributed by atoms with Gasteiger partial charge in [-0.3, -0.25) is 9.69 Å². The molecule has 0 amide bonds. The van der Waals surface area contributed by atoms with Gasteiger partial charge in [-0.1, -0.05) is 13.8 Å². The number of nitrogens with zero attached hydrogens (tertiary/aromatic N) is 1. The lowest BCUT2D eigenvalue weighted by atomic mass is 9.96. The monoisotopic (exact) mass is 296 g/mol. The predicted molar refractivity (Wildman–Crippen MR) is 85.3 cm³/mol. The Morgan fingerprint density at radius 2 is 2.05 bits per heavy atom. The highest BCUT2D eigenvalue weighted by molar-refractivity contribution is 5.81. The SMILES string of the molecule is CCNC1(C(=O)OCC)CCC(N2C(C)CCC2CC)C1. The smallest absolute Gasteiger partial charge is 0.326 e. The van der Waals surface area contributed by atoms with Crippen molar-refractivity contribution in [3.8, 4) is 0 Å². The zero-order valence-electron chi connectivity index (χ0n) is 14.2. The predicted octanol–water partition coefficient (Wildman–Crippen LogP) is 2.71. The van der Waals surface area contributed by atoms with E-state index in [4.69, 9.17) is 4.74 Å². The molecular formula is C17H32N2O2. The van der Waals surface area contributed by atoms with Crippen LogP contribution in [0, 0.1) is 0 Å². The molecule has 0 spiro atoms. The average Bonchev–Trinajstić information content (AvgIpc) is 3.04. The molecule has 0 aromatic rings. The third kappa shape index (κ3) is 3.26. The summed E-state index contributed by atoms with van der Waals surface area (Å²) in [5, 5.41) is 3.44.